The number of halogens is 1. The van der Waals surface area contributed by atoms with Crippen molar-refractivity contribution >= 4 is 22.9 Å². The topological polar surface area (TPSA) is 95.1 Å². The Bertz CT molecular complexity index is 939. The van der Waals surface area contributed by atoms with Crippen LogP contribution in [0.2, 0.25) is 0 Å². The number of benzene rings is 2. The van der Waals surface area contributed by atoms with Crippen molar-refractivity contribution in [2.75, 3.05) is 6.54 Å². The molecule has 0 spiro atoms. The molecule has 0 saturated heterocycles. The number of hydrogen-bond acceptors (Lipinski definition) is 3. The lowest BCUT2D eigenvalue weighted by Crippen LogP contribution is -2.44. The van der Waals surface area contributed by atoms with Gasteiger partial charge in [0.2, 0.25) is 0 Å². The van der Waals surface area contributed by atoms with E-state index in [2.05, 4.69) is 15.3 Å². The number of carboxylic acid groups (broad SMARTS) is 1. The minimum absolute atomic E-state index is 0.0528. The zero-order valence-corrected chi connectivity index (χ0v) is 13.4. The highest BCUT2D eigenvalue weighted by Crippen LogP contribution is 2.24. The minimum atomic E-state index is -1.31. The third-order valence-corrected chi connectivity index (χ3v) is 4.22. The summed E-state index contributed by atoms with van der Waals surface area (Å²) < 4.78 is 13.7. The number of aromatic nitrogens is 2. The van der Waals surface area contributed by atoms with Crippen LogP contribution < -0.4 is 5.32 Å². The normalized spacial score (nSPS) is 13.4. The number of amides is 1. The number of carbonyl (C=O) groups excluding carboxylic acids is 1. The van der Waals surface area contributed by atoms with Crippen molar-refractivity contribution in [3.63, 3.8) is 0 Å². The summed E-state index contributed by atoms with van der Waals surface area (Å²) in [7, 11) is 0. The van der Waals surface area contributed by atoms with E-state index in [1.165, 1.54) is 19.3 Å². The molecule has 6 nitrogen and oxygen atoms in total. The Labute approximate surface area is 142 Å². The Balaban J connectivity index is 1.87. The Morgan fingerprint density at radius 2 is 2.00 bits per heavy atom. The van der Waals surface area contributed by atoms with E-state index in [0.717, 1.165) is 6.07 Å². The molecule has 0 radical (unpaired) electrons. The van der Waals surface area contributed by atoms with Gasteiger partial charge in [0, 0.05) is 6.54 Å². The third-order valence-electron chi connectivity index (χ3n) is 4.22. The average molecular weight is 341 g/mol. The summed E-state index contributed by atoms with van der Waals surface area (Å²) in [6.45, 7) is 1.38. The molecule has 0 fully saturated rings. The van der Waals surface area contributed by atoms with Crippen molar-refractivity contribution < 1.29 is 19.1 Å². The zero-order valence-electron chi connectivity index (χ0n) is 13.4. The van der Waals surface area contributed by atoms with Gasteiger partial charge in [-0.3, -0.25) is 9.59 Å². The molecule has 0 aliphatic heterocycles. The summed E-state index contributed by atoms with van der Waals surface area (Å²) in [5.41, 5.74) is 0.0310. The van der Waals surface area contributed by atoms with Crippen molar-refractivity contribution in [2.45, 2.75) is 12.3 Å². The second-order valence-electron chi connectivity index (χ2n) is 5.94. The molecule has 7 heteroatoms. The molecular weight excluding hydrogens is 325 g/mol. The molecule has 1 aromatic heterocycles. The lowest BCUT2D eigenvalue weighted by atomic mass is 9.82. The van der Waals surface area contributed by atoms with Crippen molar-refractivity contribution in [1.82, 2.24) is 15.3 Å². The van der Waals surface area contributed by atoms with Crippen LogP contribution in [0.3, 0.4) is 0 Å². The molecule has 0 bridgehead atoms. The number of hydrogen-bond donors (Lipinski definition) is 3. The number of carbonyl (C=O) groups is 2. The first-order valence-corrected chi connectivity index (χ1v) is 7.61. The van der Waals surface area contributed by atoms with Crippen molar-refractivity contribution in [2.24, 2.45) is 0 Å². The lowest BCUT2D eigenvalue weighted by molar-refractivity contribution is -0.142. The van der Waals surface area contributed by atoms with E-state index in [9.17, 15) is 19.1 Å². The van der Waals surface area contributed by atoms with Gasteiger partial charge in [-0.2, -0.15) is 0 Å². The van der Waals surface area contributed by atoms with E-state index in [-0.39, 0.29) is 12.1 Å². The monoisotopic (exact) mass is 341 g/mol. The maximum Gasteiger partial charge on any atom is 0.315 e. The van der Waals surface area contributed by atoms with Gasteiger partial charge in [0.25, 0.3) is 5.91 Å². The van der Waals surface area contributed by atoms with Gasteiger partial charge < -0.3 is 15.4 Å². The molecular formula is C18H16FN3O3. The Morgan fingerprint density at radius 1 is 1.28 bits per heavy atom. The van der Waals surface area contributed by atoms with Crippen LogP contribution >= 0.6 is 0 Å². The molecule has 3 rings (SSSR count). The van der Waals surface area contributed by atoms with E-state index in [1.807, 2.05) is 0 Å². The quantitative estimate of drug-likeness (QED) is 0.664. The highest BCUT2D eigenvalue weighted by molar-refractivity contribution is 6.05. The summed E-state index contributed by atoms with van der Waals surface area (Å²) in [4.78, 5) is 31.0. The van der Waals surface area contributed by atoms with Gasteiger partial charge in [-0.15, -0.1) is 0 Å². The number of imidazole rings is 1. The van der Waals surface area contributed by atoms with E-state index in [4.69, 9.17) is 0 Å². The summed E-state index contributed by atoms with van der Waals surface area (Å²) >= 11 is 0. The van der Waals surface area contributed by atoms with Gasteiger partial charge in [0.1, 0.15) is 16.7 Å². The van der Waals surface area contributed by atoms with Crippen molar-refractivity contribution in [3.05, 3.63) is 65.7 Å². The predicted octanol–water partition coefficient (Wildman–Crippen LogP) is 2.47. The summed E-state index contributed by atoms with van der Waals surface area (Å²) in [5, 5.41) is 12.2. The number of nitrogens with one attached hydrogen (secondary N) is 2. The SMILES string of the molecule is CC(CNC(=O)c1cc(F)cc2[nH]cnc12)(C(=O)O)c1ccccc1. The van der Waals surface area contributed by atoms with E-state index in [0.29, 0.717) is 16.6 Å². The largest absolute Gasteiger partial charge is 0.481 e. The third kappa shape index (κ3) is 3.08. The molecule has 0 saturated carbocycles. The van der Waals surface area contributed by atoms with Gasteiger partial charge in [-0.05, 0) is 24.6 Å². The second-order valence-corrected chi connectivity index (χ2v) is 5.94. The van der Waals surface area contributed by atoms with Gasteiger partial charge >= 0.3 is 5.97 Å². The first-order chi connectivity index (χ1) is 11.9. The molecule has 1 amide bonds. The van der Waals surface area contributed by atoms with Crippen molar-refractivity contribution in [3.8, 4) is 0 Å². The number of aliphatic carboxylic acids is 1. The highest BCUT2D eigenvalue weighted by Gasteiger charge is 2.35. The molecule has 3 aromatic rings. The van der Waals surface area contributed by atoms with E-state index < -0.39 is 23.1 Å². The molecule has 3 N–H and O–H groups in total. The van der Waals surface area contributed by atoms with E-state index >= 15 is 0 Å². The molecule has 128 valence electrons. The van der Waals surface area contributed by atoms with Crippen LogP contribution in [0.4, 0.5) is 4.39 Å². The van der Waals surface area contributed by atoms with Gasteiger partial charge in [0.15, 0.2) is 0 Å². The highest BCUT2D eigenvalue weighted by atomic mass is 19.1. The molecule has 2 aromatic carbocycles. The molecule has 0 aliphatic carbocycles. The maximum absolute atomic E-state index is 13.7. The molecule has 1 atom stereocenters. The number of carboxylic acids is 1. The summed E-state index contributed by atoms with van der Waals surface area (Å²) in [6.07, 6.45) is 1.37. The fraction of sp³-hybridized carbons (Fsp3) is 0.167. The number of fused-ring (bicyclic) bond motifs is 1. The van der Waals surface area contributed by atoms with Gasteiger partial charge in [0.05, 0.1) is 17.4 Å². The molecule has 0 aliphatic rings. The van der Waals surface area contributed by atoms with Gasteiger partial charge in [-0.1, -0.05) is 30.3 Å². The lowest BCUT2D eigenvalue weighted by Gasteiger charge is -2.25. The molecule has 1 heterocycles. The number of aromatic amines is 1. The van der Waals surface area contributed by atoms with Crippen LogP contribution in [-0.4, -0.2) is 33.5 Å². The van der Waals surface area contributed by atoms with Crippen LogP contribution in [0.15, 0.2) is 48.8 Å². The minimum Gasteiger partial charge on any atom is -0.481 e. The Hall–Kier alpha value is -3.22. The van der Waals surface area contributed by atoms with Crippen LogP contribution in [0, 0.1) is 5.82 Å². The first kappa shape index (κ1) is 16.6. The smallest absolute Gasteiger partial charge is 0.315 e. The first-order valence-electron chi connectivity index (χ1n) is 7.61. The van der Waals surface area contributed by atoms with Crippen molar-refractivity contribution in [1.29, 1.82) is 0 Å². The van der Waals surface area contributed by atoms with Crippen LogP contribution in [0.25, 0.3) is 11.0 Å². The molecule has 25 heavy (non-hydrogen) atoms. The predicted molar refractivity (Wildman–Crippen MR) is 89.8 cm³/mol. The van der Waals surface area contributed by atoms with Crippen LogP contribution in [0.1, 0.15) is 22.8 Å². The number of rotatable bonds is 5. The Kier molecular flexibility index (Phi) is 4.22. The second kappa shape index (κ2) is 6.35. The van der Waals surface area contributed by atoms with Crippen LogP contribution in [-0.2, 0) is 10.2 Å². The maximum atomic E-state index is 13.7. The Morgan fingerprint density at radius 3 is 2.68 bits per heavy atom. The number of nitrogens with zero attached hydrogens (tertiary/aromatic N) is 1. The standard InChI is InChI=1S/C18H16FN3O3/c1-18(17(24)25,11-5-3-2-4-6-11)9-20-16(23)13-7-12(19)8-14-15(13)22-10-21-14/h2-8,10H,9H2,1H3,(H,20,23)(H,21,22)(H,24,25). The van der Waals surface area contributed by atoms with Gasteiger partial charge in [-0.25, -0.2) is 9.37 Å². The summed E-state index contributed by atoms with van der Waals surface area (Å²) in [5.74, 6) is -2.23. The van der Waals surface area contributed by atoms with E-state index in [1.54, 1.807) is 30.3 Å². The van der Waals surface area contributed by atoms with Crippen LogP contribution in [0.5, 0.6) is 0 Å². The summed E-state index contributed by atoms with van der Waals surface area (Å²) in [6, 6.07) is 11.0. The average Bonchev–Trinajstić information content (AvgIpc) is 3.07. The zero-order chi connectivity index (χ0) is 18.0. The number of H-pyrrole nitrogens is 1. The fourth-order valence-corrected chi connectivity index (χ4v) is 2.65. The fourth-order valence-electron chi connectivity index (χ4n) is 2.65. The molecule has 1 unspecified atom stereocenters.